The summed E-state index contributed by atoms with van der Waals surface area (Å²) in [6.07, 6.45) is -13.4. The smallest absolute Gasteiger partial charge is 0.262 e. The number of hydrogen-bond acceptors (Lipinski definition) is 12. The number of H-pyrrole nitrogens is 2. The molecule has 23 heteroatoms. The fourth-order valence-corrected chi connectivity index (χ4v) is 13.7. The molecule has 3 saturated heterocycles. The van der Waals surface area contributed by atoms with Crippen LogP contribution < -0.4 is 5.32 Å². The number of aliphatic hydroxyl groups excluding tert-OH is 5. The fourth-order valence-electron chi connectivity index (χ4n) is 13.7. The minimum atomic E-state index is -1.82. The molecule has 7 aromatic carbocycles. The Kier molecular flexibility index (Phi) is 13.6. The third-order valence-electron chi connectivity index (χ3n) is 17.6. The number of carbonyl (C=O) groups excluding carboxylic acids is 4. The second-order valence-corrected chi connectivity index (χ2v) is 23.6. The lowest BCUT2D eigenvalue weighted by Gasteiger charge is -2.40. The van der Waals surface area contributed by atoms with Crippen LogP contribution in [0.3, 0.4) is 0 Å². The molecule has 0 aliphatic carbocycles. The first-order valence-electron chi connectivity index (χ1n) is 27.6. The van der Waals surface area contributed by atoms with E-state index in [4.69, 9.17) is 14.2 Å². The summed E-state index contributed by atoms with van der Waals surface area (Å²) in [5, 5.41) is 58.6. The number of nitrogens with zero attached hydrogens (tertiary/aromatic N) is 3. The summed E-state index contributed by atoms with van der Waals surface area (Å²) in [7, 11) is 0. The van der Waals surface area contributed by atoms with Crippen molar-refractivity contribution in [2.75, 3.05) is 13.3 Å². The number of aromatic nitrogens is 4. The average Bonchev–Trinajstić information content (AvgIpc) is 1.55. The van der Waals surface area contributed by atoms with Crippen molar-refractivity contribution in [3.05, 3.63) is 154 Å². The van der Waals surface area contributed by atoms with Crippen LogP contribution in [0.15, 0.2) is 97.1 Å². The van der Waals surface area contributed by atoms with Gasteiger partial charge in [-0.25, -0.2) is 22.0 Å². The maximum absolute atomic E-state index is 15.0. The van der Waals surface area contributed by atoms with Crippen molar-refractivity contribution >= 4 is 111 Å². The molecule has 0 saturated carbocycles. The maximum atomic E-state index is 15.0. The number of carbonyl (C=O) groups is 4. The highest BCUT2D eigenvalue weighted by atomic mass is 19.1. The zero-order valence-corrected chi connectivity index (χ0v) is 45.5. The van der Waals surface area contributed by atoms with E-state index in [0.29, 0.717) is 60.1 Å². The van der Waals surface area contributed by atoms with E-state index in [1.807, 2.05) is 24.3 Å². The number of benzene rings is 7. The van der Waals surface area contributed by atoms with Gasteiger partial charge in [0.2, 0.25) is 0 Å². The molecule has 88 heavy (non-hydrogen) atoms. The monoisotopic (exact) mass is 1210 g/mol. The van der Waals surface area contributed by atoms with E-state index in [2.05, 4.69) is 36.1 Å². The molecule has 4 amide bonds. The first-order valence-corrected chi connectivity index (χ1v) is 27.6. The molecule has 10 atom stereocenters. The van der Waals surface area contributed by atoms with Gasteiger partial charge in [0.25, 0.3) is 23.6 Å². The van der Waals surface area contributed by atoms with Crippen LogP contribution in [0.2, 0.25) is 0 Å². The molecular weight excluding hydrogens is 1150 g/mol. The highest BCUT2D eigenvalue weighted by Gasteiger charge is 2.52. The molecule has 0 radical (unpaired) electrons. The minimum Gasteiger partial charge on any atom is -0.387 e. The first-order chi connectivity index (χ1) is 41.1. The Hall–Kier alpha value is -8.65. The van der Waals surface area contributed by atoms with Crippen molar-refractivity contribution in [3.63, 3.8) is 0 Å². The van der Waals surface area contributed by atoms with Gasteiger partial charge < -0.3 is 58.8 Å². The second-order valence-electron chi connectivity index (χ2n) is 23.6. The Morgan fingerprint density at radius 2 is 1.01 bits per heavy atom. The van der Waals surface area contributed by atoms with E-state index in [-0.39, 0.29) is 88.4 Å². The van der Waals surface area contributed by atoms with E-state index in [9.17, 15) is 62.3 Å². The average molecular weight is 1210 g/mol. The van der Waals surface area contributed by atoms with E-state index in [1.165, 1.54) is 71.3 Å². The summed E-state index contributed by atoms with van der Waals surface area (Å²) in [6.45, 7) is 5.04. The number of imide groups is 2. The van der Waals surface area contributed by atoms with Gasteiger partial charge in [0, 0.05) is 54.1 Å². The number of aliphatic hydroxyl groups is 5. The zero-order valence-electron chi connectivity index (χ0n) is 45.5. The van der Waals surface area contributed by atoms with Crippen LogP contribution in [0.25, 0.3) is 87.2 Å². The molecule has 9 heterocycles. The predicted molar refractivity (Wildman–Crippen MR) is 316 cm³/mol. The number of hydrogen-bond donors (Lipinski definition) is 8. The fraction of sp³-hybridized carbons (Fsp3) is 0.292. The van der Waals surface area contributed by atoms with Gasteiger partial charge in [0.15, 0.2) is 12.5 Å². The van der Waals surface area contributed by atoms with Gasteiger partial charge in [0.1, 0.15) is 78.8 Å². The third-order valence-corrected chi connectivity index (χ3v) is 17.6. The maximum Gasteiger partial charge on any atom is 0.262 e. The molecule has 0 spiro atoms. The van der Waals surface area contributed by atoms with Gasteiger partial charge in [-0.3, -0.25) is 29.4 Å². The molecule has 454 valence electrons. The summed E-state index contributed by atoms with van der Waals surface area (Å²) < 4.78 is 93.4. The van der Waals surface area contributed by atoms with Gasteiger partial charge >= 0.3 is 0 Å². The molecule has 11 aromatic rings. The van der Waals surface area contributed by atoms with Crippen LogP contribution in [0, 0.1) is 23.3 Å². The Bertz CT molecular complexity index is 4840. The number of alkyl halides is 1. The molecular formula is C65H57F5N6O12. The van der Waals surface area contributed by atoms with Gasteiger partial charge in [-0.05, 0) is 89.3 Å². The number of halogens is 5. The van der Waals surface area contributed by atoms with Crippen molar-refractivity contribution in [3.8, 4) is 0 Å². The number of rotatable bonds is 5. The Morgan fingerprint density at radius 3 is 1.53 bits per heavy atom. The van der Waals surface area contributed by atoms with E-state index >= 15 is 4.39 Å². The van der Waals surface area contributed by atoms with Crippen molar-refractivity contribution in [1.82, 2.24) is 29.3 Å². The molecule has 2 bridgehead atoms. The molecule has 3 fully saturated rings. The molecule has 16 rings (SSSR count). The summed E-state index contributed by atoms with van der Waals surface area (Å²) in [5.41, 5.74) is 4.49. The molecule has 4 aromatic heterocycles. The van der Waals surface area contributed by atoms with Gasteiger partial charge in [-0.1, -0.05) is 59.9 Å². The lowest BCUT2D eigenvalue weighted by Crippen LogP contribution is -2.56. The SMILES string of the molecule is C.C.CC(C)(C)c1ccc(CN2C(=O)c3c(c4c5cc(F)ccc5n([C@H]5O[C@H](CF)[C@@H](O)[C@H](O)[C@H]5O)c4c4[nH]c5ccc(F)cc5c34)C2=O)cc1.O=C1NC(=O)c2c1c1c3cc(F)ccc3[nH]c1c1c2c2cc(F)ccc2n1[C@H]1OC2COC([C@@H]2O)[C@H]1O. The van der Waals surface area contributed by atoms with E-state index < -0.39 is 115 Å². The minimum absolute atomic E-state index is 0. The summed E-state index contributed by atoms with van der Waals surface area (Å²) >= 11 is 0. The summed E-state index contributed by atoms with van der Waals surface area (Å²) in [6, 6.07) is 23.3. The lowest BCUT2D eigenvalue weighted by atomic mass is 9.87. The molecule has 2 unspecified atom stereocenters. The van der Waals surface area contributed by atoms with Crippen LogP contribution in [-0.2, 0) is 26.2 Å². The van der Waals surface area contributed by atoms with Crippen LogP contribution in [-0.4, -0.2) is 135 Å². The molecule has 8 N–H and O–H groups in total. The largest absolute Gasteiger partial charge is 0.387 e. The summed E-state index contributed by atoms with van der Waals surface area (Å²) in [5.74, 6) is -4.93. The number of ether oxygens (including phenoxy) is 3. The quantitative estimate of drug-likeness (QED) is 0.0592. The van der Waals surface area contributed by atoms with Crippen LogP contribution in [0.5, 0.6) is 0 Å². The third kappa shape index (κ3) is 8.21. The summed E-state index contributed by atoms with van der Waals surface area (Å²) in [4.78, 5) is 62.6. The van der Waals surface area contributed by atoms with Crippen molar-refractivity contribution in [1.29, 1.82) is 0 Å². The van der Waals surface area contributed by atoms with Crippen molar-refractivity contribution in [2.24, 2.45) is 0 Å². The molecule has 5 aliphatic heterocycles. The Labute approximate surface area is 495 Å². The van der Waals surface area contributed by atoms with Crippen molar-refractivity contribution in [2.45, 2.75) is 109 Å². The topological polar surface area (TPSA) is 254 Å². The van der Waals surface area contributed by atoms with Crippen LogP contribution >= 0.6 is 0 Å². The van der Waals surface area contributed by atoms with E-state index in [1.54, 1.807) is 4.57 Å². The first kappa shape index (κ1) is 58.4. The van der Waals surface area contributed by atoms with Gasteiger partial charge in [0.05, 0.1) is 68.5 Å². The van der Waals surface area contributed by atoms with Crippen LogP contribution in [0.4, 0.5) is 22.0 Å². The number of fused-ring (bicyclic) bond motifs is 22. The Balaban J connectivity index is 0.000000164. The molecule has 5 aliphatic rings. The van der Waals surface area contributed by atoms with Gasteiger partial charge in [-0.15, -0.1) is 0 Å². The number of nitrogens with one attached hydrogen (secondary N) is 3. The standard InChI is InChI=1S/C37H32F3N3O6.C26H17F2N3O6.2CH4/c1-37(2,3)17-6-4-16(5-7-17)15-42-34(47)27-25-20-12-18(39)8-10-22(20)41-29(25)30-26(28(27)35(42)48)21-13-19(40)9-11-23(21)43(30)36-33(46)32(45)31(44)24(14-38)49-36;27-8-1-3-12-10(5-8)15-17-18(25(35)30-24(17)34)16-11-6-9(28)2-4-13(11)31(20(16)19(15)29-12)26-22(33)23-21(32)14(37-26)7-36-23;;/h4-13,24,31-33,36,41,44-46H,14-15H2,1-3H3;1-6,14,21-23,26,29,32-33H,7H2,(H,30,34,35);2*1H4/t24-,31-,32+,33-,36+;14?,21-,22-,23?,26+;;/m11../s1. The number of aromatic amines is 2. The highest BCUT2D eigenvalue weighted by Crippen LogP contribution is 2.50. The van der Waals surface area contributed by atoms with Crippen molar-refractivity contribution < 1.29 is 80.9 Å². The molecule has 18 nitrogen and oxygen atoms in total. The predicted octanol–water partition coefficient (Wildman–Crippen LogP) is 9.63. The zero-order chi connectivity index (χ0) is 60.0. The van der Waals surface area contributed by atoms with Crippen LogP contribution in [0.1, 0.15) is 101 Å². The van der Waals surface area contributed by atoms with E-state index in [0.717, 1.165) is 16.5 Å². The second kappa shape index (κ2) is 20.5. The van der Waals surface area contributed by atoms with Gasteiger partial charge in [-0.2, -0.15) is 0 Å². The Morgan fingerprint density at radius 1 is 0.545 bits per heavy atom. The lowest BCUT2D eigenvalue weighted by molar-refractivity contribution is -0.245. The normalized spacial score (nSPS) is 24.3. The number of amides is 4. The highest BCUT2D eigenvalue weighted by molar-refractivity contribution is 6.41.